The van der Waals surface area contributed by atoms with E-state index >= 15 is 0 Å². The first-order valence-corrected chi connectivity index (χ1v) is 12.0. The second kappa shape index (κ2) is 9.14. The van der Waals surface area contributed by atoms with Crippen LogP contribution in [0.5, 0.6) is 0 Å². The predicted molar refractivity (Wildman–Crippen MR) is 111 cm³/mol. The van der Waals surface area contributed by atoms with Crippen molar-refractivity contribution < 1.29 is 21.6 Å². The second-order valence-corrected chi connectivity index (χ2v) is 10.6. The Labute approximate surface area is 177 Å². The monoisotopic (exact) mass is 447 g/mol. The van der Waals surface area contributed by atoms with Gasteiger partial charge in [0.05, 0.1) is 10.5 Å². The summed E-state index contributed by atoms with van der Waals surface area (Å²) in [4.78, 5) is 3.91. The van der Waals surface area contributed by atoms with E-state index in [9.17, 15) is 21.6 Å². The number of rotatable bonds is 5. The molecule has 0 amide bonds. The van der Waals surface area contributed by atoms with Gasteiger partial charge in [0.15, 0.2) is 0 Å². The van der Waals surface area contributed by atoms with Crippen molar-refractivity contribution in [1.82, 2.24) is 14.1 Å². The zero-order valence-electron chi connectivity index (χ0n) is 17.9. The second-order valence-electron chi connectivity index (χ2n) is 8.63. The molecular formula is C21H32F3N3O2S. The van der Waals surface area contributed by atoms with E-state index in [0.29, 0.717) is 12.5 Å². The number of piperidine rings is 1. The average Bonchev–Trinajstić information content (AvgIpc) is 2.72. The number of benzene rings is 1. The molecule has 2 atom stereocenters. The standard InChI is InChI=1S/C21H32F3N3O2S/c1-25-14-12-16(13-15-25)26(2)18-9-5-6-10-19(18)27(3)30(28,29)20-11-7-4-8-17(20)21(22,23)24/h4,7-8,11,16,18-19H,5-6,9-10,12-15H2,1-3H3/t18-,19-/m0/s1. The lowest BCUT2D eigenvalue weighted by atomic mass is 9.87. The van der Waals surface area contributed by atoms with Crippen molar-refractivity contribution in [3.05, 3.63) is 29.8 Å². The summed E-state index contributed by atoms with van der Waals surface area (Å²) in [7, 11) is 1.30. The summed E-state index contributed by atoms with van der Waals surface area (Å²) in [5.41, 5.74) is -1.10. The Bertz CT molecular complexity index is 823. The minimum absolute atomic E-state index is 0.00461. The molecule has 1 saturated carbocycles. The molecule has 2 fully saturated rings. The van der Waals surface area contributed by atoms with Gasteiger partial charge in [-0.05, 0) is 65.0 Å². The third-order valence-electron chi connectivity index (χ3n) is 6.80. The molecule has 2 aliphatic rings. The molecule has 0 radical (unpaired) electrons. The quantitative estimate of drug-likeness (QED) is 0.691. The first-order valence-electron chi connectivity index (χ1n) is 10.6. The van der Waals surface area contributed by atoms with E-state index in [1.165, 1.54) is 23.5 Å². The Morgan fingerprint density at radius 1 is 0.967 bits per heavy atom. The molecule has 0 unspecified atom stereocenters. The molecule has 1 saturated heterocycles. The van der Waals surface area contributed by atoms with Crippen LogP contribution in [0.1, 0.15) is 44.1 Å². The molecule has 1 aromatic rings. The van der Waals surface area contributed by atoms with Gasteiger partial charge in [-0.25, -0.2) is 8.42 Å². The normalized spacial score (nSPS) is 25.2. The summed E-state index contributed by atoms with van der Waals surface area (Å²) < 4.78 is 68.2. The van der Waals surface area contributed by atoms with E-state index in [4.69, 9.17) is 0 Å². The van der Waals surface area contributed by atoms with Crippen LogP contribution in [-0.2, 0) is 16.2 Å². The maximum Gasteiger partial charge on any atom is 0.417 e. The maximum atomic E-state index is 13.5. The molecule has 5 nitrogen and oxygen atoms in total. The SMILES string of the molecule is CN1CCC(N(C)[C@H]2CCCC[C@@H]2N(C)S(=O)(=O)c2ccccc2C(F)(F)F)CC1. The minimum Gasteiger partial charge on any atom is -0.306 e. The number of hydrogen-bond acceptors (Lipinski definition) is 4. The Kier molecular flexibility index (Phi) is 7.16. The minimum atomic E-state index is -4.72. The predicted octanol–water partition coefficient (Wildman–Crippen LogP) is 3.66. The lowest BCUT2D eigenvalue weighted by molar-refractivity contribution is -0.139. The molecule has 1 heterocycles. The average molecular weight is 448 g/mol. The van der Waals surface area contributed by atoms with Gasteiger partial charge in [-0.1, -0.05) is 25.0 Å². The van der Waals surface area contributed by atoms with Gasteiger partial charge in [0.2, 0.25) is 10.0 Å². The van der Waals surface area contributed by atoms with Crippen LogP contribution in [0.25, 0.3) is 0 Å². The third-order valence-corrected chi connectivity index (χ3v) is 8.74. The Morgan fingerprint density at radius 3 is 2.13 bits per heavy atom. The highest BCUT2D eigenvalue weighted by atomic mass is 32.2. The van der Waals surface area contributed by atoms with E-state index in [-0.39, 0.29) is 12.1 Å². The zero-order chi connectivity index (χ0) is 22.1. The number of alkyl halides is 3. The van der Waals surface area contributed by atoms with Crippen molar-refractivity contribution in [2.45, 2.75) is 67.7 Å². The summed E-state index contributed by atoms with van der Waals surface area (Å²) in [6, 6.07) is 4.50. The molecular weight excluding hydrogens is 415 g/mol. The highest BCUT2D eigenvalue weighted by molar-refractivity contribution is 7.89. The van der Waals surface area contributed by atoms with Gasteiger partial charge >= 0.3 is 6.18 Å². The van der Waals surface area contributed by atoms with Crippen molar-refractivity contribution in [3.63, 3.8) is 0 Å². The van der Waals surface area contributed by atoms with Gasteiger partial charge in [0.1, 0.15) is 0 Å². The molecule has 9 heteroatoms. The lowest BCUT2D eigenvalue weighted by Crippen LogP contribution is -2.56. The third kappa shape index (κ3) is 4.84. The Balaban J connectivity index is 1.87. The van der Waals surface area contributed by atoms with Gasteiger partial charge in [-0.3, -0.25) is 4.90 Å². The number of likely N-dealkylation sites (tertiary alicyclic amines) is 1. The first-order chi connectivity index (χ1) is 14.0. The largest absolute Gasteiger partial charge is 0.417 e. The summed E-state index contributed by atoms with van der Waals surface area (Å²) in [6.07, 6.45) is 0.711. The fourth-order valence-corrected chi connectivity index (χ4v) is 6.55. The molecule has 1 aliphatic carbocycles. The van der Waals surface area contributed by atoms with Gasteiger partial charge in [-0.2, -0.15) is 17.5 Å². The number of likely N-dealkylation sites (N-methyl/N-ethyl adjacent to an activating group) is 2. The van der Waals surface area contributed by atoms with E-state index < -0.39 is 26.7 Å². The molecule has 30 heavy (non-hydrogen) atoms. The van der Waals surface area contributed by atoms with Gasteiger partial charge < -0.3 is 4.90 Å². The maximum absolute atomic E-state index is 13.5. The van der Waals surface area contributed by atoms with Gasteiger partial charge in [0, 0.05) is 25.2 Å². The Hall–Kier alpha value is -1.16. The lowest BCUT2D eigenvalue weighted by Gasteiger charge is -2.46. The first kappa shape index (κ1) is 23.5. The van der Waals surface area contributed by atoms with Crippen LogP contribution in [0.4, 0.5) is 13.2 Å². The van der Waals surface area contributed by atoms with Crippen LogP contribution in [0.15, 0.2) is 29.2 Å². The summed E-state index contributed by atoms with van der Waals surface area (Å²) in [6.45, 7) is 2.00. The van der Waals surface area contributed by atoms with E-state index in [1.807, 2.05) is 7.05 Å². The molecule has 0 spiro atoms. The topological polar surface area (TPSA) is 43.9 Å². The van der Waals surface area contributed by atoms with Gasteiger partial charge in [0.25, 0.3) is 0 Å². The molecule has 3 rings (SSSR count). The zero-order valence-corrected chi connectivity index (χ0v) is 18.7. The van der Waals surface area contributed by atoms with Crippen LogP contribution in [0.3, 0.4) is 0 Å². The fraction of sp³-hybridized carbons (Fsp3) is 0.714. The highest BCUT2D eigenvalue weighted by Crippen LogP contribution is 2.37. The van der Waals surface area contributed by atoms with Crippen molar-refractivity contribution >= 4 is 10.0 Å². The molecule has 1 aliphatic heterocycles. The number of hydrogen-bond donors (Lipinski definition) is 0. The van der Waals surface area contributed by atoms with Crippen molar-refractivity contribution in [3.8, 4) is 0 Å². The van der Waals surface area contributed by atoms with Crippen molar-refractivity contribution in [1.29, 1.82) is 0 Å². The summed E-state index contributed by atoms with van der Waals surface area (Å²) in [5.74, 6) is 0. The summed E-state index contributed by atoms with van der Waals surface area (Å²) >= 11 is 0. The smallest absolute Gasteiger partial charge is 0.306 e. The molecule has 0 aromatic heterocycles. The van der Waals surface area contributed by atoms with E-state index in [2.05, 4.69) is 16.8 Å². The molecule has 0 N–H and O–H groups in total. The number of halogens is 3. The molecule has 170 valence electrons. The molecule has 1 aromatic carbocycles. The van der Waals surface area contributed by atoms with Crippen LogP contribution in [-0.4, -0.2) is 74.9 Å². The summed E-state index contributed by atoms with van der Waals surface area (Å²) in [5, 5.41) is 0. The van der Waals surface area contributed by atoms with Crippen molar-refractivity contribution in [2.75, 3.05) is 34.2 Å². The van der Waals surface area contributed by atoms with Crippen LogP contribution >= 0.6 is 0 Å². The van der Waals surface area contributed by atoms with Crippen LogP contribution in [0, 0.1) is 0 Å². The number of sulfonamides is 1. The van der Waals surface area contributed by atoms with E-state index in [0.717, 1.165) is 57.3 Å². The number of nitrogens with zero attached hydrogens (tertiary/aromatic N) is 3. The van der Waals surface area contributed by atoms with Gasteiger partial charge in [-0.15, -0.1) is 0 Å². The molecule has 0 bridgehead atoms. The fourth-order valence-electron chi connectivity index (χ4n) is 4.92. The highest BCUT2D eigenvalue weighted by Gasteiger charge is 2.42. The van der Waals surface area contributed by atoms with Crippen LogP contribution < -0.4 is 0 Å². The van der Waals surface area contributed by atoms with E-state index in [1.54, 1.807) is 0 Å². The van der Waals surface area contributed by atoms with Crippen molar-refractivity contribution in [2.24, 2.45) is 0 Å². The van der Waals surface area contributed by atoms with Crippen LogP contribution in [0.2, 0.25) is 0 Å². The Morgan fingerprint density at radius 2 is 1.53 bits per heavy atom.